The molecule has 36 heavy (non-hydrogen) atoms. The highest BCUT2D eigenvalue weighted by Crippen LogP contribution is 2.15. The third-order valence-electron chi connectivity index (χ3n) is 6.36. The molecule has 0 bridgehead atoms. The van der Waals surface area contributed by atoms with Crippen molar-refractivity contribution in [3.63, 3.8) is 0 Å². The van der Waals surface area contributed by atoms with Gasteiger partial charge in [-0.1, -0.05) is 37.3 Å². The van der Waals surface area contributed by atoms with E-state index in [0.717, 1.165) is 23.0 Å². The summed E-state index contributed by atoms with van der Waals surface area (Å²) in [5.41, 5.74) is -0.0817. The van der Waals surface area contributed by atoms with Gasteiger partial charge in [0, 0.05) is 26.7 Å². The van der Waals surface area contributed by atoms with Gasteiger partial charge in [0.25, 0.3) is 11.5 Å². The van der Waals surface area contributed by atoms with Crippen LogP contribution in [0.3, 0.4) is 0 Å². The van der Waals surface area contributed by atoms with Gasteiger partial charge in [-0.25, -0.2) is 14.3 Å². The second-order valence-corrected chi connectivity index (χ2v) is 9.10. The van der Waals surface area contributed by atoms with E-state index in [1.54, 1.807) is 16.6 Å². The first-order valence-electron chi connectivity index (χ1n) is 12.0. The third-order valence-corrected chi connectivity index (χ3v) is 6.36. The van der Waals surface area contributed by atoms with Crippen molar-refractivity contribution in [3.05, 3.63) is 63.1 Å². The number of nitrogens with zero attached hydrogens (tertiary/aromatic N) is 5. The smallest absolute Gasteiger partial charge is 0.333 e. The van der Waals surface area contributed by atoms with Gasteiger partial charge in [0.05, 0.1) is 19.5 Å². The summed E-state index contributed by atoms with van der Waals surface area (Å²) in [4.78, 5) is 57.8. The molecule has 1 atom stereocenters. The van der Waals surface area contributed by atoms with Gasteiger partial charge in [-0.05, 0) is 24.3 Å². The van der Waals surface area contributed by atoms with Crippen LogP contribution in [0.2, 0.25) is 0 Å². The van der Waals surface area contributed by atoms with Crippen molar-refractivity contribution in [3.8, 4) is 0 Å². The predicted octanol–water partition coefficient (Wildman–Crippen LogP) is 0.856. The zero-order valence-corrected chi connectivity index (χ0v) is 20.6. The third kappa shape index (κ3) is 5.56. The van der Waals surface area contributed by atoms with Gasteiger partial charge in [-0.2, -0.15) is 0 Å². The fraction of sp³-hybridized carbons (Fsp3) is 0.480. The Bertz CT molecular complexity index is 1340. The highest BCUT2D eigenvalue weighted by atomic mass is 16.5. The van der Waals surface area contributed by atoms with Crippen LogP contribution in [0, 0.1) is 5.92 Å². The van der Waals surface area contributed by atoms with E-state index in [-0.39, 0.29) is 23.6 Å². The number of methoxy groups -OCH3 is 1. The molecule has 11 nitrogen and oxygen atoms in total. The highest BCUT2D eigenvalue weighted by molar-refractivity contribution is 5.80. The number of likely N-dealkylation sites (tertiary alicyclic amines) is 1. The van der Waals surface area contributed by atoms with E-state index in [4.69, 9.17) is 9.47 Å². The van der Waals surface area contributed by atoms with Gasteiger partial charge < -0.3 is 18.9 Å². The van der Waals surface area contributed by atoms with E-state index < -0.39 is 30.4 Å². The number of carbonyl (C=O) groups is 2. The second kappa shape index (κ2) is 11.3. The lowest BCUT2D eigenvalue weighted by Crippen LogP contribution is -2.44. The lowest BCUT2D eigenvalue weighted by molar-refractivity contribution is -0.153. The summed E-state index contributed by atoms with van der Waals surface area (Å²) in [6.45, 7) is 3.15. The minimum Gasteiger partial charge on any atom is -0.454 e. The van der Waals surface area contributed by atoms with Crippen LogP contribution in [0.5, 0.6) is 0 Å². The fourth-order valence-corrected chi connectivity index (χ4v) is 4.47. The standard InChI is InChI=1S/C25H31N5O6/c1-18-7-6-10-27(13-18)20(31)16-36-21(32)15-30-24(33)22-23(26-17-28(22)11-12-35-2)29(25(30)34)14-19-8-4-3-5-9-19/h3-5,8-9,17-18H,6-7,10-16H2,1-2H3/t18-/m0/s1. The van der Waals surface area contributed by atoms with Crippen LogP contribution in [0.4, 0.5) is 0 Å². The number of amides is 1. The van der Waals surface area contributed by atoms with Crippen LogP contribution < -0.4 is 11.2 Å². The van der Waals surface area contributed by atoms with Gasteiger partial charge in [-0.3, -0.25) is 19.0 Å². The Morgan fingerprint density at radius 3 is 2.64 bits per heavy atom. The molecule has 0 aliphatic carbocycles. The van der Waals surface area contributed by atoms with Crippen molar-refractivity contribution in [1.82, 2.24) is 23.6 Å². The first-order chi connectivity index (χ1) is 17.4. The Hall–Kier alpha value is -3.73. The van der Waals surface area contributed by atoms with Crippen LogP contribution in [-0.2, 0) is 38.7 Å². The van der Waals surface area contributed by atoms with Gasteiger partial charge in [-0.15, -0.1) is 0 Å². The summed E-state index contributed by atoms with van der Waals surface area (Å²) in [5, 5.41) is 0. The summed E-state index contributed by atoms with van der Waals surface area (Å²) < 4.78 is 14.1. The lowest BCUT2D eigenvalue weighted by atomic mass is 10.0. The van der Waals surface area contributed by atoms with Crippen molar-refractivity contribution in [1.29, 1.82) is 0 Å². The molecule has 1 fully saturated rings. The first kappa shape index (κ1) is 25.4. The number of fused-ring (bicyclic) bond motifs is 1. The number of hydrogen-bond donors (Lipinski definition) is 0. The zero-order valence-electron chi connectivity index (χ0n) is 20.6. The molecule has 1 aliphatic rings. The summed E-state index contributed by atoms with van der Waals surface area (Å²) in [5.74, 6) is -0.715. The molecule has 0 unspecified atom stereocenters. The molecule has 1 aromatic carbocycles. The number of hydrogen-bond acceptors (Lipinski definition) is 7. The number of aromatic nitrogens is 4. The van der Waals surface area contributed by atoms with E-state index in [1.807, 2.05) is 30.3 Å². The maximum atomic E-state index is 13.4. The molecule has 1 saturated heterocycles. The average Bonchev–Trinajstić information content (AvgIpc) is 3.31. The molecule has 0 saturated carbocycles. The summed E-state index contributed by atoms with van der Waals surface area (Å²) in [6, 6.07) is 9.28. The Balaban J connectivity index is 1.61. The Labute approximate surface area is 207 Å². The molecule has 11 heteroatoms. The molecule has 192 valence electrons. The predicted molar refractivity (Wildman–Crippen MR) is 132 cm³/mol. The van der Waals surface area contributed by atoms with E-state index in [2.05, 4.69) is 11.9 Å². The van der Waals surface area contributed by atoms with Crippen LogP contribution in [0.1, 0.15) is 25.3 Å². The molecule has 3 heterocycles. The second-order valence-electron chi connectivity index (χ2n) is 9.10. The van der Waals surface area contributed by atoms with Gasteiger partial charge in [0.2, 0.25) is 0 Å². The summed E-state index contributed by atoms with van der Waals surface area (Å²) >= 11 is 0. The number of carbonyl (C=O) groups excluding carboxylic acids is 2. The lowest BCUT2D eigenvalue weighted by Gasteiger charge is -2.30. The number of rotatable bonds is 9. The largest absolute Gasteiger partial charge is 0.454 e. The Morgan fingerprint density at radius 2 is 1.92 bits per heavy atom. The number of esters is 1. The Kier molecular flexibility index (Phi) is 7.99. The number of benzene rings is 1. The van der Waals surface area contributed by atoms with E-state index in [0.29, 0.717) is 32.2 Å². The highest BCUT2D eigenvalue weighted by Gasteiger charge is 2.23. The van der Waals surface area contributed by atoms with Crippen LogP contribution in [-0.4, -0.2) is 68.9 Å². The van der Waals surface area contributed by atoms with Crippen molar-refractivity contribution in [2.24, 2.45) is 5.92 Å². The monoisotopic (exact) mass is 497 g/mol. The molecule has 0 spiro atoms. The van der Waals surface area contributed by atoms with Crippen LogP contribution >= 0.6 is 0 Å². The van der Waals surface area contributed by atoms with Gasteiger partial charge in [0.1, 0.15) is 6.54 Å². The van der Waals surface area contributed by atoms with Crippen molar-refractivity contribution in [2.45, 2.75) is 39.4 Å². The maximum Gasteiger partial charge on any atom is 0.333 e. The quantitative estimate of drug-likeness (QED) is 0.402. The minimum absolute atomic E-state index is 0.165. The van der Waals surface area contributed by atoms with Gasteiger partial charge >= 0.3 is 11.7 Å². The molecule has 0 radical (unpaired) electrons. The molecular formula is C25H31N5O6. The van der Waals surface area contributed by atoms with E-state index >= 15 is 0 Å². The molecule has 2 aromatic heterocycles. The van der Waals surface area contributed by atoms with E-state index in [9.17, 15) is 19.2 Å². The molecular weight excluding hydrogens is 466 g/mol. The van der Waals surface area contributed by atoms with Gasteiger partial charge in [0.15, 0.2) is 17.8 Å². The SMILES string of the molecule is COCCn1cnc2c1c(=O)n(CC(=O)OCC(=O)N1CCC[C@H](C)C1)c(=O)n2Cc1ccccc1. The average molecular weight is 498 g/mol. The summed E-state index contributed by atoms with van der Waals surface area (Å²) in [6.07, 6.45) is 3.45. The Morgan fingerprint density at radius 1 is 1.14 bits per heavy atom. The van der Waals surface area contributed by atoms with Crippen molar-refractivity contribution in [2.75, 3.05) is 33.4 Å². The summed E-state index contributed by atoms with van der Waals surface area (Å²) in [7, 11) is 1.55. The van der Waals surface area contributed by atoms with E-state index in [1.165, 1.54) is 10.9 Å². The molecule has 1 amide bonds. The van der Waals surface area contributed by atoms with Crippen LogP contribution in [0.15, 0.2) is 46.2 Å². The fourth-order valence-electron chi connectivity index (χ4n) is 4.47. The zero-order chi connectivity index (χ0) is 25.7. The normalized spacial score (nSPS) is 15.8. The number of ether oxygens (including phenoxy) is 2. The topological polar surface area (TPSA) is 118 Å². The molecule has 0 N–H and O–H groups in total. The van der Waals surface area contributed by atoms with Crippen molar-refractivity contribution >= 4 is 23.0 Å². The van der Waals surface area contributed by atoms with Crippen molar-refractivity contribution < 1.29 is 19.1 Å². The maximum absolute atomic E-state index is 13.4. The number of piperidine rings is 1. The molecule has 3 aromatic rings. The van der Waals surface area contributed by atoms with Crippen LogP contribution in [0.25, 0.3) is 11.2 Å². The minimum atomic E-state index is -0.832. The number of imidazole rings is 1. The first-order valence-corrected chi connectivity index (χ1v) is 12.0. The molecule has 4 rings (SSSR count). The molecule has 1 aliphatic heterocycles.